The second-order valence-corrected chi connectivity index (χ2v) is 11.1. The van der Waals surface area contributed by atoms with Crippen LogP contribution in [0.4, 0.5) is 0 Å². The lowest BCUT2D eigenvalue weighted by Gasteiger charge is -2.34. The number of aryl methyl sites for hydroxylation is 1. The average Bonchev–Trinajstić information content (AvgIpc) is 2.95. The van der Waals surface area contributed by atoms with Crippen molar-refractivity contribution in [1.82, 2.24) is 9.62 Å². The molecule has 1 amide bonds. The molecule has 1 saturated heterocycles. The third-order valence-electron chi connectivity index (χ3n) is 6.97. The number of piperidine rings is 1. The van der Waals surface area contributed by atoms with E-state index in [1.54, 1.807) is 24.1 Å². The van der Waals surface area contributed by atoms with Crippen molar-refractivity contribution in [2.24, 2.45) is 5.92 Å². The molecular formula is C29H32N2O6S. The fourth-order valence-electron chi connectivity index (χ4n) is 4.73. The van der Waals surface area contributed by atoms with Gasteiger partial charge >= 0.3 is 5.97 Å². The molecule has 1 aliphatic rings. The summed E-state index contributed by atoms with van der Waals surface area (Å²) < 4.78 is 33.7. The Balaban J connectivity index is 1.35. The number of carboxylic acids is 1. The van der Waals surface area contributed by atoms with Crippen molar-refractivity contribution < 1.29 is 27.9 Å². The molecule has 0 aromatic heterocycles. The fraction of sp³-hybridized carbons (Fsp3) is 0.310. The van der Waals surface area contributed by atoms with E-state index in [2.05, 4.69) is 4.72 Å². The van der Waals surface area contributed by atoms with Gasteiger partial charge in [0.2, 0.25) is 15.9 Å². The van der Waals surface area contributed by atoms with Crippen LogP contribution in [-0.4, -0.2) is 56.5 Å². The Morgan fingerprint density at radius 1 is 0.947 bits per heavy atom. The molecule has 3 aromatic carbocycles. The Morgan fingerprint density at radius 2 is 1.53 bits per heavy atom. The van der Waals surface area contributed by atoms with Gasteiger partial charge in [-0.25, -0.2) is 8.42 Å². The smallest absolute Gasteiger partial charge is 0.322 e. The largest absolute Gasteiger partial charge is 0.497 e. The molecule has 1 aliphatic heterocycles. The van der Waals surface area contributed by atoms with E-state index in [-0.39, 0.29) is 10.8 Å². The second kappa shape index (κ2) is 12.2. The van der Waals surface area contributed by atoms with Crippen LogP contribution < -0.4 is 9.46 Å². The molecule has 8 nitrogen and oxygen atoms in total. The zero-order valence-corrected chi connectivity index (χ0v) is 22.1. The predicted molar refractivity (Wildman–Crippen MR) is 144 cm³/mol. The van der Waals surface area contributed by atoms with Crippen LogP contribution in [0.25, 0.3) is 11.1 Å². The maximum atomic E-state index is 13.1. The number of nitrogens with one attached hydrogen (secondary N) is 1. The van der Waals surface area contributed by atoms with Crippen LogP contribution in [0.2, 0.25) is 0 Å². The number of likely N-dealkylation sites (tertiary alicyclic amines) is 1. The van der Waals surface area contributed by atoms with E-state index in [0.29, 0.717) is 38.8 Å². The molecule has 1 atom stereocenters. The highest BCUT2D eigenvalue weighted by Gasteiger charge is 2.35. The molecule has 1 heterocycles. The number of amides is 1. The molecule has 2 N–H and O–H groups in total. The Labute approximate surface area is 223 Å². The van der Waals surface area contributed by atoms with E-state index >= 15 is 0 Å². The summed E-state index contributed by atoms with van der Waals surface area (Å²) in [4.78, 5) is 26.4. The Bertz CT molecular complexity index is 1330. The molecule has 9 heteroatoms. The van der Waals surface area contributed by atoms with Crippen LogP contribution in [0.1, 0.15) is 24.8 Å². The molecule has 38 heavy (non-hydrogen) atoms. The topological polar surface area (TPSA) is 113 Å². The summed E-state index contributed by atoms with van der Waals surface area (Å²) >= 11 is 0. The SMILES string of the molecule is COc1ccc(-c2ccc(S(=O)(=O)NC(C(=O)O)C3CCN(C(=O)CCc4ccccc4)CC3)cc2)cc1. The maximum absolute atomic E-state index is 13.1. The van der Waals surface area contributed by atoms with Gasteiger partial charge in [-0.2, -0.15) is 4.72 Å². The number of carbonyl (C=O) groups is 2. The minimum Gasteiger partial charge on any atom is -0.497 e. The summed E-state index contributed by atoms with van der Waals surface area (Å²) in [5, 5.41) is 9.84. The van der Waals surface area contributed by atoms with Gasteiger partial charge in [0, 0.05) is 19.5 Å². The van der Waals surface area contributed by atoms with Crippen LogP contribution in [0.5, 0.6) is 5.75 Å². The van der Waals surface area contributed by atoms with E-state index in [4.69, 9.17) is 4.74 Å². The summed E-state index contributed by atoms with van der Waals surface area (Å²) in [6.07, 6.45) is 1.85. The third-order valence-corrected chi connectivity index (χ3v) is 8.43. The van der Waals surface area contributed by atoms with Gasteiger partial charge in [0.1, 0.15) is 11.8 Å². The summed E-state index contributed by atoms with van der Waals surface area (Å²) in [6.45, 7) is 0.806. The van der Waals surface area contributed by atoms with Gasteiger partial charge in [0.25, 0.3) is 0 Å². The van der Waals surface area contributed by atoms with E-state index < -0.39 is 28.0 Å². The third kappa shape index (κ3) is 6.79. The van der Waals surface area contributed by atoms with Gasteiger partial charge in [-0.3, -0.25) is 9.59 Å². The van der Waals surface area contributed by atoms with E-state index in [1.807, 2.05) is 54.6 Å². The first-order chi connectivity index (χ1) is 18.3. The highest BCUT2D eigenvalue weighted by Crippen LogP contribution is 2.26. The van der Waals surface area contributed by atoms with Crippen LogP contribution in [0, 0.1) is 5.92 Å². The number of aliphatic carboxylic acids is 1. The highest BCUT2D eigenvalue weighted by molar-refractivity contribution is 7.89. The van der Waals surface area contributed by atoms with Gasteiger partial charge in [0.05, 0.1) is 12.0 Å². The lowest BCUT2D eigenvalue weighted by Crippen LogP contribution is -2.50. The van der Waals surface area contributed by atoms with Crippen molar-refractivity contribution in [2.45, 2.75) is 36.6 Å². The fourth-order valence-corrected chi connectivity index (χ4v) is 5.99. The van der Waals surface area contributed by atoms with Crippen molar-refractivity contribution in [3.8, 4) is 16.9 Å². The number of hydrogen-bond acceptors (Lipinski definition) is 5. The van der Waals surface area contributed by atoms with Gasteiger partial charge in [-0.05, 0) is 66.1 Å². The molecule has 1 unspecified atom stereocenters. The van der Waals surface area contributed by atoms with Crippen molar-refractivity contribution in [2.75, 3.05) is 20.2 Å². The van der Waals surface area contributed by atoms with E-state index in [9.17, 15) is 23.1 Å². The van der Waals surface area contributed by atoms with E-state index in [0.717, 1.165) is 22.4 Å². The van der Waals surface area contributed by atoms with Crippen molar-refractivity contribution in [3.63, 3.8) is 0 Å². The molecule has 3 aromatic rings. The minimum atomic E-state index is -4.06. The van der Waals surface area contributed by atoms with Crippen molar-refractivity contribution in [3.05, 3.63) is 84.4 Å². The Kier molecular flexibility index (Phi) is 8.81. The monoisotopic (exact) mass is 536 g/mol. The number of methoxy groups -OCH3 is 1. The first-order valence-electron chi connectivity index (χ1n) is 12.6. The summed E-state index contributed by atoms with van der Waals surface area (Å²) in [7, 11) is -2.48. The van der Waals surface area contributed by atoms with E-state index in [1.165, 1.54) is 12.1 Å². The molecule has 0 radical (unpaired) electrons. The molecule has 0 spiro atoms. The van der Waals surface area contributed by atoms with Gasteiger partial charge in [0.15, 0.2) is 0 Å². The predicted octanol–water partition coefficient (Wildman–Crippen LogP) is 3.97. The van der Waals surface area contributed by atoms with Gasteiger partial charge in [-0.1, -0.05) is 54.6 Å². The quantitative estimate of drug-likeness (QED) is 0.406. The summed E-state index contributed by atoms with van der Waals surface area (Å²) in [5.74, 6) is -0.896. The summed E-state index contributed by atoms with van der Waals surface area (Å²) in [6, 6.07) is 22.2. The molecular weight excluding hydrogens is 504 g/mol. The molecule has 4 rings (SSSR count). The van der Waals surface area contributed by atoms with Crippen LogP contribution >= 0.6 is 0 Å². The van der Waals surface area contributed by atoms with Crippen LogP contribution in [-0.2, 0) is 26.0 Å². The van der Waals surface area contributed by atoms with Crippen LogP contribution in [0.3, 0.4) is 0 Å². The number of ether oxygens (including phenoxy) is 1. The molecule has 0 aliphatic carbocycles. The number of benzene rings is 3. The lowest BCUT2D eigenvalue weighted by molar-refractivity contribution is -0.141. The van der Waals surface area contributed by atoms with Crippen LogP contribution in [0.15, 0.2) is 83.8 Å². The molecule has 1 fully saturated rings. The Hall–Kier alpha value is -3.69. The van der Waals surface area contributed by atoms with Crippen molar-refractivity contribution >= 4 is 21.9 Å². The summed E-state index contributed by atoms with van der Waals surface area (Å²) in [5.41, 5.74) is 2.81. The first-order valence-corrected chi connectivity index (χ1v) is 14.1. The Morgan fingerprint density at radius 3 is 2.08 bits per heavy atom. The highest BCUT2D eigenvalue weighted by atomic mass is 32.2. The number of rotatable bonds is 10. The molecule has 200 valence electrons. The normalized spacial score (nSPS) is 15.1. The maximum Gasteiger partial charge on any atom is 0.322 e. The number of carbonyl (C=O) groups excluding carboxylic acids is 1. The average molecular weight is 537 g/mol. The minimum absolute atomic E-state index is 0.00506. The molecule has 0 saturated carbocycles. The zero-order chi connectivity index (χ0) is 27.1. The number of hydrogen-bond donors (Lipinski definition) is 2. The number of carboxylic acid groups (broad SMARTS) is 1. The van der Waals surface area contributed by atoms with Gasteiger partial charge in [-0.15, -0.1) is 0 Å². The number of nitrogens with zero attached hydrogens (tertiary/aromatic N) is 1. The second-order valence-electron chi connectivity index (χ2n) is 9.39. The zero-order valence-electron chi connectivity index (χ0n) is 21.2. The standard InChI is InChI=1S/C29H32N2O6S/c1-37-25-12-8-22(9-13-25)23-10-14-26(15-11-23)38(35,36)30-28(29(33)34)24-17-19-31(20-18-24)27(32)16-7-21-5-3-2-4-6-21/h2-6,8-15,24,28,30H,7,16-20H2,1H3,(H,33,34). The van der Waals surface area contributed by atoms with Crippen molar-refractivity contribution in [1.29, 1.82) is 0 Å². The first kappa shape index (κ1) is 27.3. The molecule has 0 bridgehead atoms. The lowest BCUT2D eigenvalue weighted by atomic mass is 9.89. The number of sulfonamides is 1. The van der Waals surface area contributed by atoms with Gasteiger partial charge < -0.3 is 14.7 Å².